The third-order valence-electron chi connectivity index (χ3n) is 10.8. The lowest BCUT2D eigenvalue weighted by atomic mass is 10.1. The number of benzene rings is 3. The number of ether oxygens (including phenoxy) is 11. The Labute approximate surface area is 337 Å². The summed E-state index contributed by atoms with van der Waals surface area (Å²) in [6.07, 6.45) is -1.54. The third-order valence-corrected chi connectivity index (χ3v) is 10.8. The predicted molar refractivity (Wildman–Crippen MR) is 203 cm³/mol. The number of hydrogen-bond acceptors (Lipinski definition) is 14. The molecule has 3 aromatic carbocycles. The van der Waals surface area contributed by atoms with Gasteiger partial charge in [-0.25, -0.2) is 14.4 Å². The lowest BCUT2D eigenvalue weighted by Gasteiger charge is -2.28. The van der Waals surface area contributed by atoms with E-state index in [9.17, 15) is 14.4 Å². The van der Waals surface area contributed by atoms with Crippen LogP contribution in [0.4, 0.5) is 0 Å². The molecule has 0 aromatic heterocycles. The standard InChI is InChI=1S/C44H50O14/c1-2-3-4-5-6-16-23-48-42-37(57-41(47)29-21-14-9-15-22-29)35(58-44-38-34(56-38)31(54-44)25-50-40(46)28-19-12-8-13-20-28)32(52-42)26-51-43-36-33(55-36)30(53-43)24-49-39(45)27-17-10-7-11-18-27/h7-15,17-22,30-38,42-44H,2-6,16,23-26H2,1H3/t30-,31-,32-,33-,34-,35-,36-,37+,38-,42+,43+,44-/m1/s1. The number of rotatable bonds is 21. The van der Waals surface area contributed by atoms with E-state index in [0.717, 1.165) is 32.1 Å². The molecule has 0 bridgehead atoms. The zero-order chi connectivity index (χ0) is 39.8. The van der Waals surface area contributed by atoms with Gasteiger partial charge in [0.25, 0.3) is 0 Å². The van der Waals surface area contributed by atoms with Gasteiger partial charge in [0, 0.05) is 6.61 Å². The summed E-state index contributed by atoms with van der Waals surface area (Å²) in [6, 6.07) is 26.1. The minimum absolute atomic E-state index is 0.00428. The SMILES string of the molecule is CCCCCCCCO[C@H]1O[C@H](CO[C@H]2O[C@H](COC(=O)c3ccccc3)[C@H]3O[C@@H]23)[C@@H](O[C@H]2O[C@H](COC(=O)c3ccccc3)[C@H]3O[C@@H]23)[C@@H]1OC(=O)c1ccccc1. The minimum atomic E-state index is -1.02. The van der Waals surface area contributed by atoms with Crippen molar-refractivity contribution in [2.24, 2.45) is 0 Å². The normalized spacial score (nSPS) is 31.6. The Balaban J connectivity index is 0.935. The van der Waals surface area contributed by atoms with E-state index in [1.807, 2.05) is 18.2 Å². The smallest absolute Gasteiger partial charge is 0.338 e. The van der Waals surface area contributed by atoms with Crippen molar-refractivity contribution in [1.29, 1.82) is 0 Å². The molecule has 310 valence electrons. The van der Waals surface area contributed by atoms with Crippen LogP contribution in [-0.4, -0.2) is 118 Å². The van der Waals surface area contributed by atoms with Crippen LogP contribution in [0.5, 0.6) is 0 Å². The Morgan fingerprint density at radius 3 is 1.57 bits per heavy atom. The van der Waals surface area contributed by atoms with E-state index in [1.165, 1.54) is 6.42 Å². The van der Waals surface area contributed by atoms with Gasteiger partial charge in [0.05, 0.1) is 23.3 Å². The number of fused-ring (bicyclic) bond motifs is 2. The number of carbonyl (C=O) groups is 3. The summed E-state index contributed by atoms with van der Waals surface area (Å²) >= 11 is 0. The Morgan fingerprint density at radius 2 is 0.983 bits per heavy atom. The lowest BCUT2D eigenvalue weighted by molar-refractivity contribution is -0.231. The molecule has 0 aliphatic carbocycles. The van der Waals surface area contributed by atoms with Gasteiger partial charge < -0.3 is 52.1 Å². The fourth-order valence-corrected chi connectivity index (χ4v) is 7.55. The van der Waals surface area contributed by atoms with Gasteiger partial charge in [-0.15, -0.1) is 0 Å². The van der Waals surface area contributed by atoms with Crippen LogP contribution in [0, 0.1) is 0 Å². The molecule has 14 heteroatoms. The van der Waals surface area contributed by atoms with Crippen LogP contribution < -0.4 is 0 Å². The number of esters is 3. The van der Waals surface area contributed by atoms with Crippen LogP contribution in [0.25, 0.3) is 0 Å². The largest absolute Gasteiger partial charge is 0.459 e. The molecule has 5 saturated heterocycles. The van der Waals surface area contributed by atoms with Crippen LogP contribution in [0.15, 0.2) is 91.0 Å². The predicted octanol–water partition coefficient (Wildman–Crippen LogP) is 5.41. The van der Waals surface area contributed by atoms with E-state index in [2.05, 4.69) is 6.92 Å². The summed E-state index contributed by atoms with van der Waals surface area (Å²) in [7, 11) is 0. The molecule has 0 N–H and O–H groups in total. The monoisotopic (exact) mass is 802 g/mol. The average Bonchev–Trinajstić information content (AvgIpc) is 4.16. The fourth-order valence-electron chi connectivity index (χ4n) is 7.55. The zero-order valence-electron chi connectivity index (χ0n) is 32.4. The summed E-state index contributed by atoms with van der Waals surface area (Å²) in [5.74, 6) is -1.50. The van der Waals surface area contributed by atoms with Crippen molar-refractivity contribution < 1.29 is 66.5 Å². The second-order valence-corrected chi connectivity index (χ2v) is 15.0. The molecule has 8 rings (SSSR count). The summed E-state index contributed by atoms with van der Waals surface area (Å²) in [6.45, 7) is 2.47. The molecule has 5 aliphatic rings. The number of unbranched alkanes of at least 4 members (excludes halogenated alkanes) is 5. The fraction of sp³-hybridized carbons (Fsp3) is 0.523. The Kier molecular flexibility index (Phi) is 13.4. The van der Waals surface area contributed by atoms with Crippen LogP contribution in [0.1, 0.15) is 76.5 Å². The van der Waals surface area contributed by atoms with Gasteiger partial charge in [-0.05, 0) is 42.8 Å². The van der Waals surface area contributed by atoms with E-state index in [-0.39, 0.29) is 38.1 Å². The van der Waals surface area contributed by atoms with Crippen molar-refractivity contribution in [2.45, 2.75) is 119 Å². The van der Waals surface area contributed by atoms with Crippen molar-refractivity contribution in [3.63, 3.8) is 0 Å². The quantitative estimate of drug-likeness (QED) is 0.0582. The second kappa shape index (κ2) is 19.2. The van der Waals surface area contributed by atoms with Gasteiger partial charge >= 0.3 is 17.9 Å². The highest BCUT2D eigenvalue weighted by Crippen LogP contribution is 2.43. The highest BCUT2D eigenvalue weighted by molar-refractivity contribution is 5.90. The van der Waals surface area contributed by atoms with Gasteiger partial charge in [0.15, 0.2) is 25.0 Å². The van der Waals surface area contributed by atoms with Crippen LogP contribution in [0.2, 0.25) is 0 Å². The number of hydrogen-bond donors (Lipinski definition) is 0. The van der Waals surface area contributed by atoms with Gasteiger partial charge in [0.2, 0.25) is 0 Å². The van der Waals surface area contributed by atoms with Crippen molar-refractivity contribution in [1.82, 2.24) is 0 Å². The highest BCUT2D eigenvalue weighted by Gasteiger charge is 2.63. The Morgan fingerprint density at radius 1 is 0.483 bits per heavy atom. The van der Waals surface area contributed by atoms with E-state index >= 15 is 0 Å². The Bertz CT molecular complexity index is 1800. The first-order chi connectivity index (χ1) is 28.5. The first-order valence-corrected chi connectivity index (χ1v) is 20.3. The number of epoxide rings is 2. The van der Waals surface area contributed by atoms with Crippen LogP contribution in [0.3, 0.4) is 0 Å². The first-order valence-electron chi connectivity index (χ1n) is 20.3. The molecule has 0 unspecified atom stereocenters. The van der Waals surface area contributed by atoms with Gasteiger partial charge in [-0.2, -0.15) is 0 Å². The number of carbonyl (C=O) groups excluding carboxylic acids is 3. The van der Waals surface area contributed by atoms with E-state index in [0.29, 0.717) is 23.3 Å². The molecule has 58 heavy (non-hydrogen) atoms. The molecule has 5 aliphatic heterocycles. The van der Waals surface area contributed by atoms with Gasteiger partial charge in [-0.3, -0.25) is 0 Å². The summed E-state index contributed by atoms with van der Waals surface area (Å²) in [5, 5.41) is 0. The summed E-state index contributed by atoms with van der Waals surface area (Å²) in [4.78, 5) is 38.8. The van der Waals surface area contributed by atoms with Crippen molar-refractivity contribution in [2.75, 3.05) is 26.4 Å². The second-order valence-electron chi connectivity index (χ2n) is 15.0. The maximum absolute atomic E-state index is 13.6. The zero-order valence-corrected chi connectivity index (χ0v) is 32.4. The molecule has 12 atom stereocenters. The topological polar surface area (TPSA) is 159 Å². The van der Waals surface area contributed by atoms with E-state index < -0.39 is 73.4 Å². The Hall–Kier alpha value is -4.25. The van der Waals surface area contributed by atoms with E-state index in [4.69, 9.17) is 52.1 Å². The van der Waals surface area contributed by atoms with Crippen LogP contribution in [-0.2, 0) is 52.1 Å². The molecule has 5 fully saturated rings. The third kappa shape index (κ3) is 9.95. The maximum Gasteiger partial charge on any atom is 0.338 e. The van der Waals surface area contributed by atoms with Gasteiger partial charge in [0.1, 0.15) is 62.0 Å². The summed E-state index contributed by atoms with van der Waals surface area (Å²) in [5.41, 5.74) is 1.22. The molecule has 0 radical (unpaired) electrons. The van der Waals surface area contributed by atoms with Crippen LogP contribution >= 0.6 is 0 Å². The molecule has 0 saturated carbocycles. The van der Waals surface area contributed by atoms with Crippen molar-refractivity contribution in [3.05, 3.63) is 108 Å². The van der Waals surface area contributed by atoms with Gasteiger partial charge in [-0.1, -0.05) is 93.6 Å². The minimum Gasteiger partial charge on any atom is -0.459 e. The highest BCUT2D eigenvalue weighted by atomic mass is 16.8. The first kappa shape index (κ1) is 40.5. The van der Waals surface area contributed by atoms with E-state index in [1.54, 1.807) is 72.8 Å². The molecular formula is C44H50O14. The molecule has 5 heterocycles. The molecule has 0 spiro atoms. The molecule has 3 aromatic rings. The molecular weight excluding hydrogens is 752 g/mol. The lowest BCUT2D eigenvalue weighted by Crippen LogP contribution is -2.45. The maximum atomic E-state index is 13.6. The van der Waals surface area contributed by atoms with Crippen molar-refractivity contribution in [3.8, 4) is 0 Å². The van der Waals surface area contributed by atoms with Crippen molar-refractivity contribution >= 4 is 17.9 Å². The average molecular weight is 803 g/mol. The summed E-state index contributed by atoms with van der Waals surface area (Å²) < 4.78 is 67.0. The molecule has 0 amide bonds. The molecule has 14 nitrogen and oxygen atoms in total.